The summed E-state index contributed by atoms with van der Waals surface area (Å²) in [7, 11) is 1.58. The SMILES string of the molecule is COc1cc(C)c(F)cc1-c1cccnc1. The van der Waals surface area contributed by atoms with Crippen LogP contribution in [0, 0.1) is 12.7 Å². The molecule has 2 rings (SSSR count). The molecule has 1 aromatic heterocycles. The molecule has 0 fully saturated rings. The molecule has 0 saturated carbocycles. The summed E-state index contributed by atoms with van der Waals surface area (Å²) in [5.41, 5.74) is 2.14. The number of rotatable bonds is 2. The van der Waals surface area contributed by atoms with Crippen LogP contribution in [0.5, 0.6) is 5.75 Å². The van der Waals surface area contributed by atoms with Crippen LogP contribution in [0.1, 0.15) is 5.56 Å². The maximum atomic E-state index is 13.5. The zero-order valence-corrected chi connectivity index (χ0v) is 9.20. The van der Waals surface area contributed by atoms with Crippen molar-refractivity contribution in [3.63, 3.8) is 0 Å². The number of hydrogen-bond donors (Lipinski definition) is 0. The van der Waals surface area contributed by atoms with E-state index in [1.165, 1.54) is 6.07 Å². The quantitative estimate of drug-likeness (QED) is 0.770. The molecule has 3 heteroatoms. The largest absolute Gasteiger partial charge is 0.496 e. The van der Waals surface area contributed by atoms with Crippen LogP contribution < -0.4 is 4.74 Å². The summed E-state index contributed by atoms with van der Waals surface area (Å²) in [5.74, 6) is 0.423. The van der Waals surface area contributed by atoms with E-state index >= 15 is 0 Å². The molecule has 0 saturated heterocycles. The Balaban J connectivity index is 2.60. The molecule has 0 amide bonds. The molecule has 0 aliphatic heterocycles. The average molecular weight is 217 g/mol. The Morgan fingerprint density at radius 3 is 2.75 bits per heavy atom. The van der Waals surface area contributed by atoms with Crippen LogP contribution in [0.25, 0.3) is 11.1 Å². The molecule has 0 unspecified atom stereocenters. The third-order valence-corrected chi connectivity index (χ3v) is 2.45. The maximum Gasteiger partial charge on any atom is 0.127 e. The fraction of sp³-hybridized carbons (Fsp3) is 0.154. The summed E-state index contributed by atoms with van der Waals surface area (Å²) in [6.45, 7) is 1.71. The van der Waals surface area contributed by atoms with Gasteiger partial charge in [0, 0.05) is 23.5 Å². The van der Waals surface area contributed by atoms with Gasteiger partial charge in [-0.25, -0.2) is 4.39 Å². The van der Waals surface area contributed by atoms with Crippen molar-refractivity contribution in [2.24, 2.45) is 0 Å². The highest BCUT2D eigenvalue weighted by molar-refractivity contribution is 5.70. The van der Waals surface area contributed by atoms with Gasteiger partial charge in [0.2, 0.25) is 0 Å². The number of hydrogen-bond acceptors (Lipinski definition) is 2. The zero-order chi connectivity index (χ0) is 11.5. The monoisotopic (exact) mass is 217 g/mol. The van der Waals surface area contributed by atoms with Gasteiger partial charge in [-0.05, 0) is 30.7 Å². The second kappa shape index (κ2) is 4.31. The van der Waals surface area contributed by atoms with Gasteiger partial charge in [0.15, 0.2) is 0 Å². The molecule has 0 spiro atoms. The van der Waals surface area contributed by atoms with Crippen LogP contribution in [0.15, 0.2) is 36.7 Å². The van der Waals surface area contributed by atoms with Crippen molar-refractivity contribution in [2.75, 3.05) is 7.11 Å². The predicted molar refractivity (Wildman–Crippen MR) is 60.9 cm³/mol. The molecule has 0 N–H and O–H groups in total. The van der Waals surface area contributed by atoms with E-state index in [1.807, 2.05) is 12.1 Å². The topological polar surface area (TPSA) is 22.1 Å². The van der Waals surface area contributed by atoms with Crippen molar-refractivity contribution in [1.29, 1.82) is 0 Å². The predicted octanol–water partition coefficient (Wildman–Crippen LogP) is 3.20. The van der Waals surface area contributed by atoms with Gasteiger partial charge in [-0.1, -0.05) is 6.07 Å². The number of nitrogens with zero attached hydrogens (tertiary/aromatic N) is 1. The molecule has 0 bridgehead atoms. The lowest BCUT2D eigenvalue weighted by atomic mass is 10.0. The molecule has 1 aromatic carbocycles. The van der Waals surface area contributed by atoms with Gasteiger partial charge in [0.25, 0.3) is 0 Å². The Morgan fingerprint density at radius 1 is 1.31 bits per heavy atom. The van der Waals surface area contributed by atoms with E-state index in [4.69, 9.17) is 4.74 Å². The van der Waals surface area contributed by atoms with E-state index in [0.717, 1.165) is 11.1 Å². The summed E-state index contributed by atoms with van der Waals surface area (Å²) >= 11 is 0. The average Bonchev–Trinajstić information content (AvgIpc) is 2.33. The minimum Gasteiger partial charge on any atom is -0.496 e. The number of aromatic nitrogens is 1. The Labute approximate surface area is 93.7 Å². The van der Waals surface area contributed by atoms with Gasteiger partial charge in [0.1, 0.15) is 11.6 Å². The first-order valence-electron chi connectivity index (χ1n) is 4.97. The second-order valence-electron chi connectivity index (χ2n) is 3.54. The maximum absolute atomic E-state index is 13.5. The second-order valence-corrected chi connectivity index (χ2v) is 3.54. The Hall–Kier alpha value is -1.90. The van der Waals surface area contributed by atoms with Crippen LogP contribution in [0.3, 0.4) is 0 Å². The van der Waals surface area contributed by atoms with Gasteiger partial charge in [-0.3, -0.25) is 4.98 Å². The van der Waals surface area contributed by atoms with Crippen LogP contribution in [0.4, 0.5) is 4.39 Å². The number of aryl methyl sites for hydroxylation is 1. The van der Waals surface area contributed by atoms with E-state index in [2.05, 4.69) is 4.98 Å². The van der Waals surface area contributed by atoms with E-state index < -0.39 is 0 Å². The number of methoxy groups -OCH3 is 1. The molecule has 16 heavy (non-hydrogen) atoms. The lowest BCUT2D eigenvalue weighted by molar-refractivity contribution is 0.415. The Bertz CT molecular complexity index is 497. The summed E-state index contributed by atoms with van der Waals surface area (Å²) in [6, 6.07) is 6.86. The van der Waals surface area contributed by atoms with Gasteiger partial charge < -0.3 is 4.74 Å². The van der Waals surface area contributed by atoms with Crippen LogP contribution >= 0.6 is 0 Å². The first-order valence-corrected chi connectivity index (χ1v) is 4.97. The Kier molecular flexibility index (Phi) is 2.86. The number of ether oxygens (including phenoxy) is 1. The number of pyridine rings is 1. The minimum absolute atomic E-state index is 0.236. The molecule has 0 atom stereocenters. The summed E-state index contributed by atoms with van der Waals surface area (Å²) in [6.07, 6.45) is 3.37. The fourth-order valence-corrected chi connectivity index (χ4v) is 1.57. The van der Waals surface area contributed by atoms with Crippen LogP contribution in [-0.2, 0) is 0 Å². The molecule has 2 nitrogen and oxygen atoms in total. The highest BCUT2D eigenvalue weighted by Crippen LogP contribution is 2.31. The van der Waals surface area contributed by atoms with Crippen molar-refractivity contribution in [2.45, 2.75) is 6.92 Å². The summed E-state index contributed by atoms with van der Waals surface area (Å²) < 4.78 is 18.7. The van der Waals surface area contributed by atoms with Gasteiger partial charge in [-0.2, -0.15) is 0 Å². The molecule has 0 radical (unpaired) electrons. The van der Waals surface area contributed by atoms with Crippen molar-refractivity contribution < 1.29 is 9.13 Å². The molecule has 82 valence electrons. The standard InChI is InChI=1S/C13H12FNO/c1-9-6-13(16-2)11(7-12(9)14)10-4-3-5-15-8-10/h3-8H,1-2H3. The van der Waals surface area contributed by atoms with Gasteiger partial charge in [-0.15, -0.1) is 0 Å². The molecule has 0 aliphatic carbocycles. The Morgan fingerprint density at radius 2 is 2.12 bits per heavy atom. The third kappa shape index (κ3) is 1.89. The van der Waals surface area contributed by atoms with Crippen molar-refractivity contribution >= 4 is 0 Å². The van der Waals surface area contributed by atoms with E-state index in [1.54, 1.807) is 32.5 Å². The third-order valence-electron chi connectivity index (χ3n) is 2.45. The normalized spacial score (nSPS) is 10.2. The van der Waals surface area contributed by atoms with E-state index in [0.29, 0.717) is 11.3 Å². The van der Waals surface area contributed by atoms with Crippen molar-refractivity contribution in [1.82, 2.24) is 4.98 Å². The zero-order valence-electron chi connectivity index (χ0n) is 9.20. The molecule has 1 heterocycles. The first-order chi connectivity index (χ1) is 7.72. The molecule has 0 aliphatic rings. The fourth-order valence-electron chi connectivity index (χ4n) is 1.57. The number of halogens is 1. The minimum atomic E-state index is -0.236. The summed E-state index contributed by atoms with van der Waals surface area (Å²) in [5, 5.41) is 0. The lowest BCUT2D eigenvalue weighted by Crippen LogP contribution is -1.92. The number of benzene rings is 1. The van der Waals surface area contributed by atoms with E-state index in [-0.39, 0.29) is 5.82 Å². The van der Waals surface area contributed by atoms with Crippen molar-refractivity contribution in [3.05, 3.63) is 48.0 Å². The molecular formula is C13H12FNO. The molecular weight excluding hydrogens is 205 g/mol. The van der Waals surface area contributed by atoms with Crippen LogP contribution in [0.2, 0.25) is 0 Å². The first kappa shape index (κ1) is 10.6. The highest BCUT2D eigenvalue weighted by Gasteiger charge is 2.09. The highest BCUT2D eigenvalue weighted by atomic mass is 19.1. The molecule has 2 aromatic rings. The summed E-state index contributed by atoms with van der Waals surface area (Å²) in [4.78, 5) is 4.01. The van der Waals surface area contributed by atoms with E-state index in [9.17, 15) is 4.39 Å². The van der Waals surface area contributed by atoms with Crippen molar-refractivity contribution in [3.8, 4) is 16.9 Å². The van der Waals surface area contributed by atoms with Gasteiger partial charge >= 0.3 is 0 Å². The van der Waals surface area contributed by atoms with Crippen LogP contribution in [-0.4, -0.2) is 12.1 Å². The lowest BCUT2D eigenvalue weighted by Gasteiger charge is -2.10. The smallest absolute Gasteiger partial charge is 0.127 e. The van der Waals surface area contributed by atoms with Gasteiger partial charge in [0.05, 0.1) is 7.11 Å².